The molecule has 2 amide bonds. The van der Waals surface area contributed by atoms with E-state index in [1.165, 1.54) is 4.90 Å². The average molecular weight is 522 g/mol. The molecule has 4 aliphatic heterocycles. The minimum atomic E-state index is -1.32. The Balaban J connectivity index is 1.39. The monoisotopic (exact) mass is 521 g/mol. The molecule has 0 radical (unpaired) electrons. The van der Waals surface area contributed by atoms with Crippen molar-refractivity contribution >= 4 is 28.8 Å². The second-order valence-corrected chi connectivity index (χ2v) is 10.2. The lowest BCUT2D eigenvalue weighted by Gasteiger charge is -2.35. The number of esters is 1. The summed E-state index contributed by atoms with van der Waals surface area (Å²) in [4.78, 5) is 44.6. The zero-order chi connectivity index (χ0) is 26.3. The van der Waals surface area contributed by atoms with Gasteiger partial charge in [0.05, 0.1) is 24.1 Å². The lowest BCUT2D eigenvalue weighted by Crippen LogP contribution is -2.55. The van der Waals surface area contributed by atoms with Crippen molar-refractivity contribution < 1.29 is 29.0 Å². The van der Waals surface area contributed by atoms with Gasteiger partial charge in [0.1, 0.15) is 29.7 Å². The van der Waals surface area contributed by atoms with Crippen LogP contribution in [-0.4, -0.2) is 91.7 Å². The van der Waals surface area contributed by atoms with Crippen molar-refractivity contribution in [1.82, 2.24) is 24.8 Å². The number of aromatic nitrogens is 3. The van der Waals surface area contributed by atoms with Crippen LogP contribution < -0.4 is 0 Å². The Morgan fingerprint density at radius 1 is 1.11 bits per heavy atom. The molecular formula is C27H31N5O6. The van der Waals surface area contributed by atoms with Gasteiger partial charge in [0, 0.05) is 19.7 Å². The van der Waals surface area contributed by atoms with Crippen LogP contribution in [0.15, 0.2) is 48.6 Å². The number of carbonyl (C=O) groups is 3. The lowest BCUT2D eigenvalue weighted by atomic mass is 9.78. The van der Waals surface area contributed by atoms with Crippen LogP contribution in [0.1, 0.15) is 25.7 Å². The molecule has 0 saturated carbocycles. The molecule has 11 heteroatoms. The summed E-state index contributed by atoms with van der Waals surface area (Å²) in [5.74, 6) is -2.87. The fourth-order valence-electron chi connectivity index (χ4n) is 6.25. The number of aliphatic hydroxyl groups is 1. The zero-order valence-electron chi connectivity index (χ0n) is 21.0. The van der Waals surface area contributed by atoms with Gasteiger partial charge in [-0.3, -0.25) is 14.4 Å². The van der Waals surface area contributed by atoms with Gasteiger partial charge in [-0.2, -0.15) is 0 Å². The van der Waals surface area contributed by atoms with E-state index in [0.717, 1.165) is 30.3 Å². The highest BCUT2D eigenvalue weighted by Gasteiger charge is 2.71. The van der Waals surface area contributed by atoms with Crippen LogP contribution in [-0.2, 0) is 30.5 Å². The Kier molecular flexibility index (Phi) is 6.48. The third-order valence-electron chi connectivity index (χ3n) is 7.97. The average Bonchev–Trinajstić information content (AvgIpc) is 3.51. The highest BCUT2D eigenvalue weighted by atomic mass is 16.6. The van der Waals surface area contributed by atoms with Crippen molar-refractivity contribution in [3.8, 4) is 0 Å². The third kappa shape index (κ3) is 3.92. The third-order valence-corrected chi connectivity index (χ3v) is 7.97. The summed E-state index contributed by atoms with van der Waals surface area (Å²) in [5.41, 5.74) is 0.182. The zero-order valence-corrected chi connectivity index (χ0v) is 21.0. The first-order valence-electron chi connectivity index (χ1n) is 13.2. The predicted octanol–water partition coefficient (Wildman–Crippen LogP) is 1.03. The largest absolute Gasteiger partial charge is 0.465 e. The topological polar surface area (TPSA) is 127 Å². The number of para-hydroxylation sites is 1. The summed E-state index contributed by atoms with van der Waals surface area (Å²) in [7, 11) is 0. The normalized spacial score (nSPS) is 32.1. The Bertz CT molecular complexity index is 1310. The highest BCUT2D eigenvalue weighted by molar-refractivity contribution is 5.99. The van der Waals surface area contributed by atoms with Crippen molar-refractivity contribution in [1.29, 1.82) is 0 Å². The van der Waals surface area contributed by atoms with Gasteiger partial charge in [0.2, 0.25) is 5.91 Å². The number of benzene rings is 1. The van der Waals surface area contributed by atoms with Gasteiger partial charge in [0.25, 0.3) is 5.91 Å². The highest BCUT2D eigenvalue weighted by Crippen LogP contribution is 2.53. The van der Waals surface area contributed by atoms with E-state index in [4.69, 9.17) is 9.47 Å². The molecule has 38 heavy (non-hydrogen) atoms. The molecule has 11 nitrogen and oxygen atoms in total. The Morgan fingerprint density at radius 3 is 2.84 bits per heavy atom. The molecule has 5 atom stereocenters. The van der Waals surface area contributed by atoms with Gasteiger partial charge in [-0.05, 0) is 37.8 Å². The number of allylic oxidation sites excluding steroid dienone is 1. The van der Waals surface area contributed by atoms with Crippen molar-refractivity contribution in [2.45, 2.75) is 50.1 Å². The van der Waals surface area contributed by atoms with E-state index in [1.54, 1.807) is 15.7 Å². The smallest absolute Gasteiger partial charge is 0.312 e. The molecule has 0 bridgehead atoms. The van der Waals surface area contributed by atoms with Gasteiger partial charge in [-0.1, -0.05) is 41.7 Å². The van der Waals surface area contributed by atoms with Crippen LogP contribution >= 0.6 is 0 Å². The molecule has 4 aliphatic rings. The maximum absolute atomic E-state index is 14.2. The van der Waals surface area contributed by atoms with Gasteiger partial charge in [0.15, 0.2) is 0 Å². The van der Waals surface area contributed by atoms with E-state index in [0.29, 0.717) is 6.42 Å². The molecule has 1 aromatic carbocycles. The summed E-state index contributed by atoms with van der Waals surface area (Å²) in [6.07, 6.45) is 9.52. The van der Waals surface area contributed by atoms with Crippen LogP contribution in [0.5, 0.6) is 0 Å². The van der Waals surface area contributed by atoms with Gasteiger partial charge >= 0.3 is 5.97 Å². The van der Waals surface area contributed by atoms with Crippen molar-refractivity contribution in [3.05, 3.63) is 48.6 Å². The molecule has 0 aliphatic carbocycles. The number of cyclic esters (lactones) is 1. The van der Waals surface area contributed by atoms with E-state index in [2.05, 4.69) is 10.3 Å². The predicted molar refractivity (Wildman–Crippen MR) is 134 cm³/mol. The molecule has 5 heterocycles. The molecule has 1 spiro atoms. The second-order valence-electron chi connectivity index (χ2n) is 10.2. The Hall–Kier alpha value is -3.57. The van der Waals surface area contributed by atoms with E-state index < -0.39 is 35.6 Å². The van der Waals surface area contributed by atoms with Gasteiger partial charge in [-0.25, -0.2) is 4.68 Å². The molecule has 1 unspecified atom stereocenters. The molecule has 2 saturated heterocycles. The molecule has 200 valence electrons. The molecule has 2 fully saturated rings. The number of fused-ring (bicyclic) bond motifs is 3. The lowest BCUT2D eigenvalue weighted by molar-refractivity contribution is -0.155. The SMILES string of the molecule is O=C1OCCCC/C=C\[C@@H]2O[C@]34C=CCN(Cn5nnc6ccccc65)C(=O)C3N(CCCO)C(=O)[C@@H]4[C@H]12. The first kappa shape index (κ1) is 24.7. The van der Waals surface area contributed by atoms with Crippen molar-refractivity contribution in [2.75, 3.05) is 26.3 Å². The first-order chi connectivity index (χ1) is 18.5. The summed E-state index contributed by atoms with van der Waals surface area (Å²) >= 11 is 0. The minimum absolute atomic E-state index is 0.134. The summed E-state index contributed by atoms with van der Waals surface area (Å²) < 4.78 is 13.8. The van der Waals surface area contributed by atoms with E-state index in [9.17, 15) is 19.5 Å². The van der Waals surface area contributed by atoms with Crippen LogP contribution in [0.3, 0.4) is 0 Å². The van der Waals surface area contributed by atoms with Crippen LogP contribution in [0.2, 0.25) is 0 Å². The molecule has 6 rings (SSSR count). The van der Waals surface area contributed by atoms with Crippen molar-refractivity contribution in [3.63, 3.8) is 0 Å². The van der Waals surface area contributed by atoms with E-state index >= 15 is 0 Å². The molecule has 2 aromatic rings. The summed E-state index contributed by atoms with van der Waals surface area (Å²) in [6.45, 7) is 0.737. The van der Waals surface area contributed by atoms with E-state index in [-0.39, 0.29) is 44.8 Å². The molecule has 1 aromatic heterocycles. The summed E-state index contributed by atoms with van der Waals surface area (Å²) in [5, 5.41) is 17.9. The van der Waals surface area contributed by atoms with Gasteiger partial charge < -0.3 is 24.4 Å². The number of carbonyl (C=O) groups excluding carboxylic acids is 3. The standard InChI is InChI=1S/C27H31N5O6/c33-15-8-14-31-23-25(35)30(17-32-19-10-5-4-9-18(19)28-29-32)13-7-12-27(23)22(24(31)34)21-20(38-27)11-3-1-2-6-16-37-26(21)36/h3-5,7,9-12,20-23,33H,1-2,6,8,13-17H2/b11-3-/t20-,21+,22-,23?,27-/m0/s1. The fourth-order valence-corrected chi connectivity index (χ4v) is 6.25. The number of hydrogen-bond donors (Lipinski definition) is 1. The number of rotatable bonds is 5. The molecule has 1 N–H and O–H groups in total. The number of hydrogen-bond acceptors (Lipinski definition) is 8. The van der Waals surface area contributed by atoms with Crippen LogP contribution in [0.4, 0.5) is 0 Å². The Labute approximate surface area is 219 Å². The Morgan fingerprint density at radius 2 is 1.97 bits per heavy atom. The maximum atomic E-state index is 14.2. The van der Waals surface area contributed by atoms with Gasteiger partial charge in [-0.15, -0.1) is 5.10 Å². The number of aliphatic hydroxyl groups excluding tert-OH is 1. The van der Waals surface area contributed by atoms with Crippen LogP contribution in [0, 0.1) is 11.8 Å². The second kappa shape index (κ2) is 9.95. The van der Waals surface area contributed by atoms with E-state index in [1.807, 2.05) is 42.5 Å². The number of likely N-dealkylation sites (tertiary alicyclic amines) is 1. The number of ether oxygens (including phenoxy) is 2. The quantitative estimate of drug-likeness (QED) is 0.457. The summed E-state index contributed by atoms with van der Waals surface area (Å²) in [6, 6.07) is 6.51. The molecular weight excluding hydrogens is 490 g/mol. The number of nitrogens with zero attached hydrogens (tertiary/aromatic N) is 5. The fraction of sp³-hybridized carbons (Fsp3) is 0.519. The minimum Gasteiger partial charge on any atom is -0.465 e. The van der Waals surface area contributed by atoms with Crippen molar-refractivity contribution in [2.24, 2.45) is 11.8 Å². The number of amides is 2. The van der Waals surface area contributed by atoms with Crippen LogP contribution in [0.25, 0.3) is 11.0 Å². The maximum Gasteiger partial charge on any atom is 0.312 e. The first-order valence-corrected chi connectivity index (χ1v) is 13.2.